The smallest absolute Gasteiger partial charge is 0.237 e. The van der Waals surface area contributed by atoms with Crippen LogP contribution in [0.5, 0.6) is 0 Å². The quantitative estimate of drug-likeness (QED) is 0.756. The Bertz CT molecular complexity index is 376. The van der Waals surface area contributed by atoms with E-state index < -0.39 is 15.3 Å². The molecule has 0 radical (unpaired) electrons. The van der Waals surface area contributed by atoms with Crippen LogP contribution >= 0.6 is 0 Å². The number of rotatable bonds is 4. The maximum absolute atomic E-state index is 11.6. The fourth-order valence-electron chi connectivity index (χ4n) is 1.42. The van der Waals surface area contributed by atoms with Crippen molar-refractivity contribution in [1.82, 2.24) is 14.9 Å². The Morgan fingerprint density at radius 3 is 2.47 bits per heavy atom. The molecule has 0 bridgehead atoms. The van der Waals surface area contributed by atoms with Crippen molar-refractivity contribution in [1.29, 1.82) is 0 Å². The summed E-state index contributed by atoms with van der Waals surface area (Å²) in [4.78, 5) is 6.30. The lowest BCUT2D eigenvalue weighted by Crippen LogP contribution is -2.51. The molecule has 0 saturated heterocycles. The number of aliphatic imine (C=N–C) groups is 1. The van der Waals surface area contributed by atoms with Gasteiger partial charge in [0.25, 0.3) is 0 Å². The predicted molar refractivity (Wildman–Crippen MR) is 69.0 cm³/mol. The molecule has 0 amide bonds. The van der Waals surface area contributed by atoms with Crippen LogP contribution in [-0.4, -0.2) is 44.4 Å². The minimum absolute atomic E-state index is 0.346. The van der Waals surface area contributed by atoms with E-state index >= 15 is 0 Å². The van der Waals surface area contributed by atoms with Crippen LogP contribution < -0.4 is 10.0 Å². The van der Waals surface area contributed by atoms with E-state index in [2.05, 4.69) is 33.8 Å². The molecule has 0 aliphatic carbocycles. The molecule has 1 aliphatic rings. The van der Waals surface area contributed by atoms with Gasteiger partial charge in [0.15, 0.2) is 0 Å². The maximum atomic E-state index is 11.6. The van der Waals surface area contributed by atoms with Gasteiger partial charge in [0.2, 0.25) is 16.0 Å². The molecular formula is C10H22N4O2S. The summed E-state index contributed by atoms with van der Waals surface area (Å²) in [6, 6.07) is 0. The van der Waals surface area contributed by atoms with Gasteiger partial charge in [-0.05, 0) is 19.8 Å². The van der Waals surface area contributed by atoms with E-state index in [1.165, 1.54) is 0 Å². The zero-order valence-corrected chi connectivity index (χ0v) is 11.7. The molecule has 0 aromatic heterocycles. The molecule has 0 spiro atoms. The molecule has 0 saturated carbocycles. The van der Waals surface area contributed by atoms with E-state index in [-0.39, 0.29) is 0 Å². The molecule has 0 atom stereocenters. The van der Waals surface area contributed by atoms with Crippen LogP contribution in [0, 0.1) is 5.92 Å². The first-order valence-corrected chi connectivity index (χ1v) is 7.38. The Morgan fingerprint density at radius 2 is 2.06 bits per heavy atom. The van der Waals surface area contributed by atoms with Gasteiger partial charge in [0.05, 0.1) is 18.6 Å². The minimum Gasteiger partial charge on any atom is -0.343 e. The fraction of sp³-hybridized carbons (Fsp3) is 0.900. The highest BCUT2D eigenvalue weighted by Crippen LogP contribution is 2.01. The molecule has 2 N–H and O–H groups in total. The molecule has 0 aromatic carbocycles. The van der Waals surface area contributed by atoms with E-state index in [0.29, 0.717) is 25.2 Å². The second-order valence-corrected chi connectivity index (χ2v) is 7.16. The third kappa shape index (κ3) is 4.51. The molecule has 0 unspecified atom stereocenters. The first-order valence-electron chi connectivity index (χ1n) is 5.83. The van der Waals surface area contributed by atoms with Gasteiger partial charge in [0, 0.05) is 6.54 Å². The van der Waals surface area contributed by atoms with Crippen LogP contribution in [0.15, 0.2) is 4.99 Å². The summed E-state index contributed by atoms with van der Waals surface area (Å²) in [5, 5.41) is 2.51. The summed E-state index contributed by atoms with van der Waals surface area (Å²) in [5.41, 5.74) is 0. The Labute approximate surface area is 104 Å². The van der Waals surface area contributed by atoms with Crippen molar-refractivity contribution in [3.63, 3.8) is 0 Å². The summed E-state index contributed by atoms with van der Waals surface area (Å²) in [6.07, 6.45) is 0. The molecular weight excluding hydrogens is 240 g/mol. The van der Waals surface area contributed by atoms with Crippen LogP contribution in [0.25, 0.3) is 0 Å². The summed E-state index contributed by atoms with van der Waals surface area (Å²) in [7, 11) is -3.30. The maximum Gasteiger partial charge on any atom is 0.237 e. The Morgan fingerprint density at radius 1 is 1.41 bits per heavy atom. The van der Waals surface area contributed by atoms with Gasteiger partial charge < -0.3 is 5.32 Å². The normalized spacial score (nSPS) is 18.1. The first-order chi connectivity index (χ1) is 7.81. The third-order valence-electron chi connectivity index (χ3n) is 2.38. The number of nitrogens with zero attached hydrogens (tertiary/aromatic N) is 2. The topological polar surface area (TPSA) is 73.8 Å². The fourth-order valence-corrected chi connectivity index (χ4v) is 2.06. The first kappa shape index (κ1) is 14.2. The van der Waals surface area contributed by atoms with E-state index in [1.807, 2.05) is 0 Å². The van der Waals surface area contributed by atoms with Crippen molar-refractivity contribution >= 4 is 16.0 Å². The molecule has 100 valence electrons. The van der Waals surface area contributed by atoms with Gasteiger partial charge in [-0.15, -0.1) is 0 Å². The minimum atomic E-state index is -3.30. The van der Waals surface area contributed by atoms with Crippen molar-refractivity contribution in [3.05, 3.63) is 0 Å². The molecule has 17 heavy (non-hydrogen) atoms. The van der Waals surface area contributed by atoms with Crippen LogP contribution in [0.4, 0.5) is 0 Å². The molecule has 1 heterocycles. The van der Waals surface area contributed by atoms with Crippen molar-refractivity contribution < 1.29 is 8.42 Å². The lowest BCUT2D eigenvalue weighted by atomic mass is 10.2. The van der Waals surface area contributed by atoms with Crippen LogP contribution in [0.2, 0.25) is 0 Å². The molecule has 0 aromatic rings. The highest BCUT2D eigenvalue weighted by Gasteiger charge is 2.20. The zero-order chi connectivity index (χ0) is 13.1. The van der Waals surface area contributed by atoms with Gasteiger partial charge >= 0.3 is 0 Å². The summed E-state index contributed by atoms with van der Waals surface area (Å²) >= 11 is 0. The third-order valence-corrected chi connectivity index (χ3v) is 4.10. The van der Waals surface area contributed by atoms with Gasteiger partial charge in [-0.25, -0.2) is 13.4 Å². The Hall–Kier alpha value is -0.820. The van der Waals surface area contributed by atoms with E-state index in [1.54, 1.807) is 13.8 Å². The highest BCUT2D eigenvalue weighted by molar-refractivity contribution is 7.90. The number of sulfonamides is 1. The Kier molecular flexibility index (Phi) is 4.76. The zero-order valence-electron chi connectivity index (χ0n) is 10.9. The molecule has 6 nitrogen and oxygen atoms in total. The van der Waals surface area contributed by atoms with Gasteiger partial charge in [-0.3, -0.25) is 9.62 Å². The van der Waals surface area contributed by atoms with E-state index in [9.17, 15) is 8.42 Å². The standard InChI is InChI=1S/C10H22N4O2S/c1-8(2)5-14-6-11-10(12-7-14)13-17(15,16)9(3)4/h8-9H,5-7H2,1-4H3,(H2,11,12,13). The van der Waals surface area contributed by atoms with Crippen molar-refractivity contribution in [2.24, 2.45) is 10.9 Å². The number of hydrogen-bond donors (Lipinski definition) is 2. The molecule has 1 aliphatic heterocycles. The largest absolute Gasteiger partial charge is 0.343 e. The average Bonchev–Trinajstić information content (AvgIpc) is 2.19. The van der Waals surface area contributed by atoms with E-state index in [4.69, 9.17) is 0 Å². The van der Waals surface area contributed by atoms with Crippen LogP contribution in [-0.2, 0) is 10.0 Å². The number of hydrogen-bond acceptors (Lipinski definition) is 5. The lowest BCUT2D eigenvalue weighted by Gasteiger charge is -2.28. The van der Waals surface area contributed by atoms with Crippen LogP contribution in [0.1, 0.15) is 27.7 Å². The van der Waals surface area contributed by atoms with Crippen molar-refractivity contribution in [2.45, 2.75) is 32.9 Å². The molecule has 0 fully saturated rings. The SMILES string of the molecule is CC(C)CN1CN=C(NS(=O)(=O)C(C)C)NC1. The van der Waals surface area contributed by atoms with Crippen molar-refractivity contribution in [2.75, 3.05) is 19.9 Å². The van der Waals surface area contributed by atoms with E-state index in [0.717, 1.165) is 6.54 Å². The summed E-state index contributed by atoms with van der Waals surface area (Å²) in [6.45, 7) is 9.65. The second-order valence-electron chi connectivity index (χ2n) is 4.93. The van der Waals surface area contributed by atoms with Gasteiger partial charge in [0.1, 0.15) is 0 Å². The highest BCUT2D eigenvalue weighted by atomic mass is 32.2. The number of nitrogens with one attached hydrogen (secondary N) is 2. The van der Waals surface area contributed by atoms with Gasteiger partial charge in [-0.1, -0.05) is 13.8 Å². The molecule has 1 rings (SSSR count). The Balaban J connectivity index is 2.52. The average molecular weight is 262 g/mol. The molecule has 7 heteroatoms. The van der Waals surface area contributed by atoms with Crippen LogP contribution in [0.3, 0.4) is 0 Å². The lowest BCUT2D eigenvalue weighted by molar-refractivity contribution is 0.235. The predicted octanol–water partition coefficient (Wildman–Crippen LogP) is 0.146. The number of guanidine groups is 1. The van der Waals surface area contributed by atoms with Gasteiger partial charge in [-0.2, -0.15) is 0 Å². The second kappa shape index (κ2) is 5.68. The van der Waals surface area contributed by atoms with Crippen molar-refractivity contribution in [3.8, 4) is 0 Å². The summed E-state index contributed by atoms with van der Waals surface area (Å²) in [5.74, 6) is 0.916. The summed E-state index contributed by atoms with van der Waals surface area (Å²) < 4.78 is 25.7. The monoisotopic (exact) mass is 262 g/mol.